The molecule has 9 heteroatoms. The van der Waals surface area contributed by atoms with Gasteiger partial charge in [-0.1, -0.05) is 24.2 Å². The van der Waals surface area contributed by atoms with Crippen molar-refractivity contribution in [2.75, 3.05) is 24.7 Å². The number of aryl methyl sites for hydroxylation is 3. The lowest BCUT2D eigenvalue weighted by atomic mass is 10.1. The first-order valence-corrected chi connectivity index (χ1v) is 13.2. The summed E-state index contributed by atoms with van der Waals surface area (Å²) in [6.45, 7) is 6.82. The van der Waals surface area contributed by atoms with Gasteiger partial charge in [0.05, 0.1) is 4.90 Å². The number of hydrogen-bond donors (Lipinski definition) is 1. The lowest BCUT2D eigenvalue weighted by molar-refractivity contribution is -0.116. The molecule has 1 N–H and O–H groups in total. The highest BCUT2D eigenvalue weighted by Crippen LogP contribution is 2.25. The average molecular weight is 463 g/mol. The molecule has 168 valence electrons. The highest BCUT2D eigenvalue weighted by atomic mass is 32.2. The smallest absolute Gasteiger partial charge is 0.243 e. The normalized spacial score (nSPS) is 15.1. The number of piperidine rings is 1. The number of amides is 1. The van der Waals surface area contributed by atoms with Crippen molar-refractivity contribution in [3.8, 4) is 0 Å². The number of anilines is 1. The van der Waals surface area contributed by atoms with Crippen LogP contribution in [0, 0.1) is 20.8 Å². The van der Waals surface area contributed by atoms with Gasteiger partial charge in [0.2, 0.25) is 15.9 Å². The van der Waals surface area contributed by atoms with Crippen LogP contribution in [0.5, 0.6) is 0 Å². The van der Waals surface area contributed by atoms with Gasteiger partial charge >= 0.3 is 0 Å². The zero-order valence-corrected chi connectivity index (χ0v) is 20.2. The van der Waals surface area contributed by atoms with Crippen LogP contribution in [0.2, 0.25) is 0 Å². The van der Waals surface area contributed by atoms with Crippen LogP contribution < -0.4 is 5.32 Å². The van der Waals surface area contributed by atoms with E-state index in [2.05, 4.69) is 15.3 Å². The standard InChI is InChI=1S/C22H30N4O3S2/c1-15-8-9-18(31(28,29)26-12-6-5-7-13-26)14-20(15)25-21(27)11-10-19-16(2)23-22(30-4)24-17(19)3/h8-9,14H,5-7,10-13H2,1-4H3,(H,25,27). The number of aromatic nitrogens is 2. The van der Waals surface area contributed by atoms with Crippen molar-refractivity contribution < 1.29 is 13.2 Å². The van der Waals surface area contributed by atoms with E-state index in [1.165, 1.54) is 16.1 Å². The molecule has 2 aromatic rings. The number of nitrogens with one attached hydrogen (secondary N) is 1. The minimum absolute atomic E-state index is 0.164. The molecule has 1 fully saturated rings. The third-order valence-electron chi connectivity index (χ3n) is 5.62. The second-order valence-electron chi connectivity index (χ2n) is 7.85. The van der Waals surface area contributed by atoms with Gasteiger partial charge in [-0.05, 0) is 69.5 Å². The Hall–Kier alpha value is -1.97. The number of carbonyl (C=O) groups excluding carboxylic acids is 1. The second kappa shape index (κ2) is 10.1. The summed E-state index contributed by atoms with van der Waals surface area (Å²) < 4.78 is 27.5. The molecule has 0 radical (unpaired) electrons. The van der Waals surface area contributed by atoms with E-state index in [0.717, 1.165) is 46.9 Å². The number of sulfonamides is 1. The van der Waals surface area contributed by atoms with Crippen molar-refractivity contribution in [2.24, 2.45) is 0 Å². The molecular weight excluding hydrogens is 432 g/mol. The molecule has 0 bridgehead atoms. The zero-order valence-electron chi connectivity index (χ0n) is 18.6. The molecule has 7 nitrogen and oxygen atoms in total. The molecule has 0 unspecified atom stereocenters. The van der Waals surface area contributed by atoms with E-state index >= 15 is 0 Å². The fourth-order valence-corrected chi connectivity index (χ4v) is 5.76. The van der Waals surface area contributed by atoms with Crippen molar-refractivity contribution in [1.82, 2.24) is 14.3 Å². The van der Waals surface area contributed by atoms with Gasteiger partial charge in [0.1, 0.15) is 0 Å². The van der Waals surface area contributed by atoms with Gasteiger partial charge in [-0.15, -0.1) is 0 Å². The first kappa shape index (κ1) is 23.7. The van der Waals surface area contributed by atoms with Crippen LogP contribution in [0.3, 0.4) is 0 Å². The van der Waals surface area contributed by atoms with Crippen LogP contribution in [0.1, 0.15) is 48.2 Å². The highest BCUT2D eigenvalue weighted by molar-refractivity contribution is 7.98. The molecule has 1 aliphatic heterocycles. The number of benzene rings is 1. The third-order valence-corrected chi connectivity index (χ3v) is 8.06. The first-order valence-electron chi connectivity index (χ1n) is 10.5. The SMILES string of the molecule is CSc1nc(C)c(CCC(=O)Nc2cc(S(=O)(=O)N3CCCCC3)ccc2C)c(C)n1. The Morgan fingerprint density at radius 1 is 1.10 bits per heavy atom. The zero-order chi connectivity index (χ0) is 22.6. The van der Waals surface area contributed by atoms with Gasteiger partial charge < -0.3 is 5.32 Å². The predicted octanol–water partition coefficient (Wildman–Crippen LogP) is 3.87. The Morgan fingerprint density at radius 3 is 2.35 bits per heavy atom. The lowest BCUT2D eigenvalue weighted by Gasteiger charge is -2.26. The molecule has 1 saturated heterocycles. The third kappa shape index (κ3) is 5.64. The van der Waals surface area contributed by atoms with Gasteiger partial charge in [-0.2, -0.15) is 4.31 Å². The topological polar surface area (TPSA) is 92.3 Å². The lowest BCUT2D eigenvalue weighted by Crippen LogP contribution is -2.35. The van der Waals surface area contributed by atoms with Crippen molar-refractivity contribution >= 4 is 33.4 Å². The van der Waals surface area contributed by atoms with E-state index in [1.807, 2.05) is 27.0 Å². The maximum atomic E-state index is 13.0. The second-order valence-corrected chi connectivity index (χ2v) is 10.6. The van der Waals surface area contributed by atoms with Gasteiger partial charge in [-0.25, -0.2) is 18.4 Å². The van der Waals surface area contributed by atoms with Gasteiger partial charge in [0.15, 0.2) is 5.16 Å². The summed E-state index contributed by atoms with van der Waals surface area (Å²) in [6.07, 6.45) is 5.56. The van der Waals surface area contributed by atoms with Gasteiger partial charge in [-0.3, -0.25) is 4.79 Å². The number of nitrogens with zero attached hydrogens (tertiary/aromatic N) is 3. The number of thioether (sulfide) groups is 1. The molecule has 2 heterocycles. The van der Waals surface area contributed by atoms with E-state index in [9.17, 15) is 13.2 Å². The predicted molar refractivity (Wildman–Crippen MR) is 124 cm³/mol. The quantitative estimate of drug-likeness (QED) is 0.496. The number of hydrogen-bond acceptors (Lipinski definition) is 6. The largest absolute Gasteiger partial charge is 0.326 e. The Morgan fingerprint density at radius 2 is 1.74 bits per heavy atom. The highest BCUT2D eigenvalue weighted by Gasteiger charge is 2.26. The van der Waals surface area contributed by atoms with Gasteiger partial charge in [0, 0.05) is 36.6 Å². The van der Waals surface area contributed by atoms with Crippen molar-refractivity contribution in [1.29, 1.82) is 0 Å². The van der Waals surface area contributed by atoms with Crippen molar-refractivity contribution in [3.63, 3.8) is 0 Å². The van der Waals surface area contributed by atoms with E-state index in [-0.39, 0.29) is 17.2 Å². The van der Waals surface area contributed by atoms with Crippen LogP contribution in [-0.2, 0) is 21.2 Å². The minimum atomic E-state index is -3.55. The molecule has 0 atom stereocenters. The van der Waals surface area contributed by atoms with Crippen LogP contribution in [0.25, 0.3) is 0 Å². The Balaban J connectivity index is 1.71. The molecule has 0 aliphatic carbocycles. The molecule has 1 aromatic heterocycles. The van der Waals surface area contributed by atoms with E-state index in [4.69, 9.17) is 0 Å². The molecule has 0 spiro atoms. The fourth-order valence-electron chi connectivity index (χ4n) is 3.76. The van der Waals surface area contributed by atoms with Crippen LogP contribution in [0.4, 0.5) is 5.69 Å². The average Bonchev–Trinajstić information content (AvgIpc) is 2.75. The van der Waals surface area contributed by atoms with E-state index < -0.39 is 10.0 Å². The van der Waals surface area contributed by atoms with E-state index in [0.29, 0.717) is 25.2 Å². The molecular formula is C22H30N4O3S2. The Labute approximate surface area is 189 Å². The van der Waals surface area contributed by atoms with E-state index in [1.54, 1.807) is 18.2 Å². The summed E-state index contributed by atoms with van der Waals surface area (Å²) in [5, 5.41) is 3.62. The molecule has 3 rings (SSSR count). The van der Waals surface area contributed by atoms with Crippen LogP contribution in [0.15, 0.2) is 28.3 Å². The van der Waals surface area contributed by atoms with Gasteiger partial charge in [0.25, 0.3) is 0 Å². The van der Waals surface area contributed by atoms with Crippen molar-refractivity contribution in [2.45, 2.75) is 62.9 Å². The van der Waals surface area contributed by atoms with Crippen LogP contribution in [-0.4, -0.2) is 47.9 Å². The summed E-state index contributed by atoms with van der Waals surface area (Å²) in [6, 6.07) is 4.94. The number of carbonyl (C=O) groups is 1. The summed E-state index contributed by atoms with van der Waals surface area (Å²) in [5.74, 6) is -0.164. The minimum Gasteiger partial charge on any atom is -0.326 e. The first-order chi connectivity index (χ1) is 14.7. The van der Waals surface area contributed by atoms with Crippen LogP contribution >= 0.6 is 11.8 Å². The summed E-state index contributed by atoms with van der Waals surface area (Å²) in [7, 11) is -3.55. The van der Waals surface area contributed by atoms with Crippen molar-refractivity contribution in [3.05, 3.63) is 40.7 Å². The molecule has 1 amide bonds. The maximum Gasteiger partial charge on any atom is 0.243 e. The molecule has 0 saturated carbocycles. The summed E-state index contributed by atoms with van der Waals surface area (Å²) in [4.78, 5) is 21.8. The Bertz CT molecular complexity index is 1040. The summed E-state index contributed by atoms with van der Waals surface area (Å²) in [5.41, 5.74) is 4.11. The Kier molecular flexibility index (Phi) is 7.72. The molecule has 1 aromatic carbocycles. The molecule has 1 aliphatic rings. The monoisotopic (exact) mass is 462 g/mol. The fraction of sp³-hybridized carbons (Fsp3) is 0.500. The summed E-state index contributed by atoms with van der Waals surface area (Å²) >= 11 is 1.49. The molecule has 31 heavy (non-hydrogen) atoms. The maximum absolute atomic E-state index is 13.0. The number of rotatable bonds is 7.